The van der Waals surface area contributed by atoms with E-state index < -0.39 is 21.5 Å². The van der Waals surface area contributed by atoms with Gasteiger partial charge in [0.1, 0.15) is 0 Å². The van der Waals surface area contributed by atoms with Crippen LogP contribution in [0, 0.1) is 0 Å². The maximum absolute atomic E-state index is 12.7. The van der Waals surface area contributed by atoms with E-state index in [-0.39, 0.29) is 36.2 Å². The molecule has 152 valence electrons. The van der Waals surface area contributed by atoms with Crippen molar-refractivity contribution in [3.8, 4) is 11.5 Å². The van der Waals surface area contributed by atoms with Gasteiger partial charge in [-0.25, -0.2) is 8.42 Å². The van der Waals surface area contributed by atoms with Crippen molar-refractivity contribution in [3.05, 3.63) is 48.0 Å². The first-order valence-electron chi connectivity index (χ1n) is 8.25. The average molecular weight is 428 g/mol. The van der Waals surface area contributed by atoms with E-state index in [1.54, 1.807) is 38.1 Å². The Morgan fingerprint density at radius 1 is 1.14 bits per heavy atom. The highest BCUT2D eigenvalue weighted by molar-refractivity contribution is 7.92. The normalized spacial score (nSPS) is 12.8. The lowest BCUT2D eigenvalue weighted by Gasteiger charge is -2.24. The van der Waals surface area contributed by atoms with Gasteiger partial charge in [0.2, 0.25) is 6.79 Å². The third kappa shape index (κ3) is 4.86. The van der Waals surface area contributed by atoms with Crippen molar-refractivity contribution in [2.45, 2.75) is 24.3 Å². The van der Waals surface area contributed by atoms with Crippen LogP contribution in [0.4, 0.5) is 5.69 Å². The summed E-state index contributed by atoms with van der Waals surface area (Å²) < 4.78 is 38.3. The summed E-state index contributed by atoms with van der Waals surface area (Å²) in [6.45, 7) is 3.92. The summed E-state index contributed by atoms with van der Waals surface area (Å²) >= 11 is 0. The van der Waals surface area contributed by atoms with Gasteiger partial charge in [-0.3, -0.25) is 9.52 Å². The summed E-state index contributed by atoms with van der Waals surface area (Å²) in [4.78, 5) is 12.3. The lowest BCUT2D eigenvalue weighted by Crippen LogP contribution is -2.48. The molecule has 1 aliphatic rings. The van der Waals surface area contributed by atoms with Crippen LogP contribution in [-0.4, -0.2) is 33.2 Å². The summed E-state index contributed by atoms with van der Waals surface area (Å²) in [6.07, 6.45) is 0. The standard InChI is InChI=1S/C18H21N3O5S.ClH/c1-18(2,10-19)20-17(22)12-4-3-5-14(8-12)27(23,24)21-13-6-7-15-16(9-13)26-11-25-15;/h3-9,21H,10-11,19H2,1-2H3,(H,20,22);1H. The predicted octanol–water partition coefficient (Wildman–Crippen LogP) is 2.10. The Hall–Kier alpha value is -2.49. The van der Waals surface area contributed by atoms with Gasteiger partial charge >= 0.3 is 0 Å². The van der Waals surface area contributed by atoms with E-state index in [2.05, 4.69) is 10.0 Å². The highest BCUT2D eigenvalue weighted by Gasteiger charge is 2.22. The molecule has 0 fully saturated rings. The highest BCUT2D eigenvalue weighted by Crippen LogP contribution is 2.34. The van der Waals surface area contributed by atoms with Crippen LogP contribution in [0.15, 0.2) is 47.4 Å². The minimum absolute atomic E-state index is 0. The number of halogens is 1. The molecule has 0 atom stereocenters. The average Bonchev–Trinajstić information content (AvgIpc) is 3.09. The molecule has 10 heteroatoms. The van der Waals surface area contributed by atoms with Gasteiger partial charge in [0.05, 0.1) is 10.6 Å². The number of carbonyl (C=O) groups is 1. The molecule has 0 radical (unpaired) electrons. The van der Waals surface area contributed by atoms with Crippen molar-refractivity contribution in [3.63, 3.8) is 0 Å². The molecule has 0 aliphatic carbocycles. The van der Waals surface area contributed by atoms with Crippen LogP contribution < -0.4 is 25.2 Å². The number of nitrogens with two attached hydrogens (primary N) is 1. The molecule has 1 heterocycles. The number of carbonyl (C=O) groups excluding carboxylic acids is 1. The van der Waals surface area contributed by atoms with Crippen LogP contribution in [0.1, 0.15) is 24.2 Å². The molecule has 2 aromatic carbocycles. The number of anilines is 1. The summed E-state index contributed by atoms with van der Waals surface area (Å²) in [5, 5.41) is 2.77. The van der Waals surface area contributed by atoms with Gasteiger partial charge in [-0.1, -0.05) is 6.07 Å². The third-order valence-electron chi connectivity index (χ3n) is 3.99. The molecule has 4 N–H and O–H groups in total. The topological polar surface area (TPSA) is 120 Å². The highest BCUT2D eigenvalue weighted by atomic mass is 35.5. The van der Waals surface area contributed by atoms with Gasteiger partial charge < -0.3 is 20.5 Å². The Kier molecular flexibility index (Phi) is 6.43. The Balaban J connectivity index is 0.00000280. The molecule has 0 unspecified atom stereocenters. The number of fused-ring (bicyclic) bond motifs is 1. The molecular formula is C18H22ClN3O5S. The first-order valence-corrected chi connectivity index (χ1v) is 9.74. The maximum atomic E-state index is 12.7. The maximum Gasteiger partial charge on any atom is 0.261 e. The smallest absolute Gasteiger partial charge is 0.261 e. The zero-order chi connectivity index (χ0) is 19.7. The molecule has 0 saturated heterocycles. The van der Waals surface area contributed by atoms with Crippen molar-refractivity contribution in [1.82, 2.24) is 5.32 Å². The summed E-state index contributed by atoms with van der Waals surface area (Å²) in [6, 6.07) is 10.5. The zero-order valence-electron chi connectivity index (χ0n) is 15.4. The minimum Gasteiger partial charge on any atom is -0.454 e. The number of sulfonamides is 1. The number of ether oxygens (including phenoxy) is 2. The monoisotopic (exact) mass is 427 g/mol. The van der Waals surface area contributed by atoms with E-state index in [1.165, 1.54) is 18.2 Å². The fourth-order valence-corrected chi connectivity index (χ4v) is 3.50. The molecule has 8 nitrogen and oxygen atoms in total. The van der Waals surface area contributed by atoms with E-state index in [1.807, 2.05) is 0 Å². The van der Waals surface area contributed by atoms with Crippen LogP contribution in [-0.2, 0) is 10.0 Å². The van der Waals surface area contributed by atoms with Gasteiger partial charge in [-0.2, -0.15) is 0 Å². The molecule has 1 aliphatic heterocycles. The molecule has 2 aromatic rings. The van der Waals surface area contributed by atoms with E-state index in [4.69, 9.17) is 15.2 Å². The molecular weight excluding hydrogens is 406 g/mol. The number of rotatable bonds is 6. The van der Waals surface area contributed by atoms with Crippen LogP contribution in [0.3, 0.4) is 0 Å². The van der Waals surface area contributed by atoms with E-state index in [0.29, 0.717) is 17.2 Å². The largest absolute Gasteiger partial charge is 0.454 e. The molecule has 3 rings (SSSR count). The van der Waals surface area contributed by atoms with Crippen LogP contribution in [0.25, 0.3) is 0 Å². The number of nitrogens with one attached hydrogen (secondary N) is 2. The van der Waals surface area contributed by atoms with Crippen molar-refractivity contribution >= 4 is 34.0 Å². The quantitative estimate of drug-likeness (QED) is 0.649. The molecule has 0 aromatic heterocycles. The van der Waals surface area contributed by atoms with Gasteiger partial charge in [0, 0.05) is 23.7 Å². The molecule has 0 bridgehead atoms. The first kappa shape index (κ1) is 21.8. The minimum atomic E-state index is -3.89. The van der Waals surface area contributed by atoms with Gasteiger partial charge in [0.25, 0.3) is 15.9 Å². The van der Waals surface area contributed by atoms with E-state index in [9.17, 15) is 13.2 Å². The number of hydrogen-bond donors (Lipinski definition) is 3. The van der Waals surface area contributed by atoms with Crippen LogP contribution in [0.2, 0.25) is 0 Å². The van der Waals surface area contributed by atoms with Gasteiger partial charge in [-0.15, -0.1) is 12.4 Å². The second-order valence-electron chi connectivity index (χ2n) is 6.74. The second-order valence-corrected chi connectivity index (χ2v) is 8.43. The van der Waals surface area contributed by atoms with Gasteiger partial charge in [0.15, 0.2) is 11.5 Å². The fourth-order valence-electron chi connectivity index (χ4n) is 2.41. The van der Waals surface area contributed by atoms with Crippen molar-refractivity contribution in [2.24, 2.45) is 5.73 Å². The SMILES string of the molecule is CC(C)(CN)NC(=O)c1cccc(S(=O)(=O)Nc2ccc3c(c2)OCO3)c1.Cl. The van der Waals surface area contributed by atoms with Gasteiger partial charge in [-0.05, 0) is 44.2 Å². The predicted molar refractivity (Wildman–Crippen MR) is 108 cm³/mol. The summed E-state index contributed by atoms with van der Waals surface area (Å²) in [5.41, 5.74) is 5.57. The number of amides is 1. The van der Waals surface area contributed by atoms with E-state index in [0.717, 1.165) is 0 Å². The molecule has 0 spiro atoms. The Morgan fingerprint density at radius 2 is 1.86 bits per heavy atom. The van der Waals surface area contributed by atoms with Crippen molar-refractivity contribution < 1.29 is 22.7 Å². The fraction of sp³-hybridized carbons (Fsp3) is 0.278. The molecule has 0 saturated carbocycles. The lowest BCUT2D eigenvalue weighted by molar-refractivity contribution is 0.0915. The zero-order valence-corrected chi connectivity index (χ0v) is 17.0. The first-order chi connectivity index (χ1) is 12.7. The summed E-state index contributed by atoms with van der Waals surface area (Å²) in [7, 11) is -3.89. The number of benzene rings is 2. The molecule has 28 heavy (non-hydrogen) atoms. The Bertz CT molecular complexity index is 979. The van der Waals surface area contributed by atoms with Crippen molar-refractivity contribution in [2.75, 3.05) is 18.1 Å². The number of hydrogen-bond acceptors (Lipinski definition) is 6. The lowest BCUT2D eigenvalue weighted by atomic mass is 10.1. The third-order valence-corrected chi connectivity index (χ3v) is 5.37. The van der Waals surface area contributed by atoms with Crippen LogP contribution in [0.5, 0.6) is 11.5 Å². The van der Waals surface area contributed by atoms with E-state index >= 15 is 0 Å². The second kappa shape index (κ2) is 8.26. The molecule has 1 amide bonds. The Labute approximate surface area is 169 Å². The summed E-state index contributed by atoms with van der Waals surface area (Å²) in [5.74, 6) is 0.622. The van der Waals surface area contributed by atoms with Crippen molar-refractivity contribution in [1.29, 1.82) is 0 Å². The van der Waals surface area contributed by atoms with Crippen LogP contribution >= 0.6 is 12.4 Å². The Morgan fingerprint density at radius 3 is 2.57 bits per heavy atom.